The first-order valence-electron chi connectivity index (χ1n) is 5.97. The van der Waals surface area contributed by atoms with E-state index >= 15 is 0 Å². The van der Waals surface area contributed by atoms with Crippen molar-refractivity contribution in [3.05, 3.63) is 0 Å². The van der Waals surface area contributed by atoms with Gasteiger partial charge in [-0.05, 0) is 26.7 Å². The number of hydrogen-bond donors (Lipinski definition) is 2. The van der Waals surface area contributed by atoms with Gasteiger partial charge in [0.15, 0.2) is 0 Å². The van der Waals surface area contributed by atoms with Crippen LogP contribution < -0.4 is 5.73 Å². The van der Waals surface area contributed by atoms with Crippen LogP contribution in [0.4, 0.5) is 4.79 Å². The summed E-state index contributed by atoms with van der Waals surface area (Å²) < 4.78 is 0. The van der Waals surface area contributed by atoms with E-state index in [1.165, 1.54) is 0 Å². The van der Waals surface area contributed by atoms with Crippen molar-refractivity contribution in [2.75, 3.05) is 26.2 Å². The molecule has 0 aromatic heterocycles. The molecule has 0 unspecified atom stereocenters. The molecule has 0 aromatic rings. The molecule has 0 atom stereocenters. The number of hydrogen-bond acceptors (Lipinski definition) is 2. The van der Waals surface area contributed by atoms with Crippen molar-refractivity contribution in [1.29, 1.82) is 5.41 Å². The van der Waals surface area contributed by atoms with Crippen LogP contribution in [0.25, 0.3) is 0 Å². The first-order valence-corrected chi connectivity index (χ1v) is 5.97. The SMILES string of the molecule is CCN(CC)C(=O)N1CCC(C(=N)N)CC1. The zero-order valence-corrected chi connectivity index (χ0v) is 10.2. The Balaban J connectivity index is 2.47. The van der Waals surface area contributed by atoms with E-state index in [1.54, 1.807) is 0 Å². The summed E-state index contributed by atoms with van der Waals surface area (Å²) in [5, 5.41) is 7.38. The summed E-state index contributed by atoms with van der Waals surface area (Å²) in [6.45, 7) is 6.93. The minimum Gasteiger partial charge on any atom is -0.387 e. The van der Waals surface area contributed by atoms with Crippen LogP contribution in [0.1, 0.15) is 26.7 Å². The van der Waals surface area contributed by atoms with Crippen LogP contribution in [0.5, 0.6) is 0 Å². The summed E-state index contributed by atoms with van der Waals surface area (Å²) >= 11 is 0. The summed E-state index contributed by atoms with van der Waals surface area (Å²) in [7, 11) is 0. The van der Waals surface area contributed by atoms with Crippen LogP contribution in [0, 0.1) is 11.3 Å². The Morgan fingerprint density at radius 1 is 1.38 bits per heavy atom. The van der Waals surface area contributed by atoms with Crippen molar-refractivity contribution >= 4 is 11.9 Å². The van der Waals surface area contributed by atoms with Gasteiger partial charge < -0.3 is 15.5 Å². The van der Waals surface area contributed by atoms with Gasteiger partial charge in [0, 0.05) is 32.1 Å². The molecule has 0 aromatic carbocycles. The third-order valence-corrected chi connectivity index (χ3v) is 3.24. The van der Waals surface area contributed by atoms with Crippen LogP contribution in [0.15, 0.2) is 0 Å². The summed E-state index contributed by atoms with van der Waals surface area (Å²) in [6, 6.07) is 0.118. The molecule has 5 heteroatoms. The minimum absolute atomic E-state index is 0.118. The molecule has 2 amide bonds. The van der Waals surface area contributed by atoms with Gasteiger partial charge in [0.2, 0.25) is 0 Å². The number of amidine groups is 1. The number of piperidine rings is 1. The quantitative estimate of drug-likeness (QED) is 0.558. The van der Waals surface area contributed by atoms with Gasteiger partial charge in [-0.25, -0.2) is 4.79 Å². The minimum atomic E-state index is 0.118. The summed E-state index contributed by atoms with van der Waals surface area (Å²) in [4.78, 5) is 15.7. The van der Waals surface area contributed by atoms with Crippen molar-refractivity contribution in [1.82, 2.24) is 9.80 Å². The Hall–Kier alpha value is -1.26. The number of nitrogens with one attached hydrogen (secondary N) is 1. The van der Waals surface area contributed by atoms with E-state index in [9.17, 15) is 4.79 Å². The number of likely N-dealkylation sites (tertiary alicyclic amines) is 1. The lowest BCUT2D eigenvalue weighted by atomic mass is 9.96. The van der Waals surface area contributed by atoms with Gasteiger partial charge >= 0.3 is 6.03 Å². The van der Waals surface area contributed by atoms with Gasteiger partial charge in [-0.3, -0.25) is 5.41 Å². The van der Waals surface area contributed by atoms with Crippen LogP contribution in [0.3, 0.4) is 0 Å². The van der Waals surface area contributed by atoms with E-state index < -0.39 is 0 Å². The number of nitrogens with two attached hydrogens (primary N) is 1. The maximum atomic E-state index is 12.0. The normalized spacial score (nSPS) is 17.2. The number of amides is 2. The molecule has 1 aliphatic rings. The van der Waals surface area contributed by atoms with Crippen molar-refractivity contribution in [2.24, 2.45) is 11.7 Å². The molecule has 1 heterocycles. The van der Waals surface area contributed by atoms with Crippen molar-refractivity contribution in [2.45, 2.75) is 26.7 Å². The second-order valence-corrected chi connectivity index (χ2v) is 4.17. The summed E-state index contributed by atoms with van der Waals surface area (Å²) in [5.74, 6) is 0.427. The lowest BCUT2D eigenvalue weighted by molar-refractivity contribution is 0.143. The third kappa shape index (κ3) is 2.87. The Morgan fingerprint density at radius 3 is 2.25 bits per heavy atom. The Kier molecular flexibility index (Phi) is 4.58. The molecule has 1 rings (SSSR count). The van der Waals surface area contributed by atoms with E-state index in [2.05, 4.69) is 0 Å². The fourth-order valence-electron chi connectivity index (χ4n) is 2.08. The van der Waals surface area contributed by atoms with Gasteiger partial charge in [0.1, 0.15) is 0 Å². The lowest BCUT2D eigenvalue weighted by Crippen LogP contribution is -2.47. The predicted octanol–water partition coefficient (Wildman–Crippen LogP) is 1.10. The molecule has 0 radical (unpaired) electrons. The largest absolute Gasteiger partial charge is 0.387 e. The lowest BCUT2D eigenvalue weighted by Gasteiger charge is -2.34. The van der Waals surface area contributed by atoms with Crippen molar-refractivity contribution in [3.8, 4) is 0 Å². The maximum absolute atomic E-state index is 12.0. The summed E-state index contributed by atoms with van der Waals surface area (Å²) in [6.07, 6.45) is 1.64. The predicted molar refractivity (Wildman–Crippen MR) is 64.5 cm³/mol. The standard InChI is InChI=1S/C11H22N4O/c1-3-14(4-2)11(16)15-7-5-9(6-8-15)10(12)13/h9H,3-8H2,1-2H3,(H3,12,13). The highest BCUT2D eigenvalue weighted by Crippen LogP contribution is 2.17. The van der Waals surface area contributed by atoms with Crippen LogP contribution in [-0.2, 0) is 0 Å². The molecular formula is C11H22N4O. The smallest absolute Gasteiger partial charge is 0.319 e. The second-order valence-electron chi connectivity index (χ2n) is 4.17. The zero-order chi connectivity index (χ0) is 12.1. The van der Waals surface area contributed by atoms with E-state index in [-0.39, 0.29) is 17.8 Å². The highest BCUT2D eigenvalue weighted by molar-refractivity contribution is 5.80. The highest BCUT2D eigenvalue weighted by Gasteiger charge is 2.26. The molecular weight excluding hydrogens is 204 g/mol. The monoisotopic (exact) mass is 226 g/mol. The van der Waals surface area contributed by atoms with E-state index in [0.717, 1.165) is 39.0 Å². The topological polar surface area (TPSA) is 73.4 Å². The highest BCUT2D eigenvalue weighted by atomic mass is 16.2. The van der Waals surface area contributed by atoms with Gasteiger partial charge in [0.05, 0.1) is 5.84 Å². The van der Waals surface area contributed by atoms with Crippen molar-refractivity contribution in [3.63, 3.8) is 0 Å². The Labute approximate surface area is 97.1 Å². The van der Waals surface area contributed by atoms with Gasteiger partial charge in [0.25, 0.3) is 0 Å². The fraction of sp³-hybridized carbons (Fsp3) is 0.818. The number of urea groups is 1. The summed E-state index contributed by atoms with van der Waals surface area (Å²) in [5.41, 5.74) is 5.47. The van der Waals surface area contributed by atoms with Crippen LogP contribution in [-0.4, -0.2) is 47.8 Å². The number of nitrogens with zero attached hydrogens (tertiary/aromatic N) is 2. The Bertz CT molecular complexity index is 255. The number of carbonyl (C=O) groups excluding carboxylic acids is 1. The third-order valence-electron chi connectivity index (χ3n) is 3.24. The maximum Gasteiger partial charge on any atom is 0.319 e. The van der Waals surface area contributed by atoms with E-state index in [0.29, 0.717) is 0 Å². The molecule has 1 aliphatic heterocycles. The molecule has 3 N–H and O–H groups in total. The van der Waals surface area contributed by atoms with E-state index in [1.807, 2.05) is 23.6 Å². The molecule has 0 bridgehead atoms. The molecule has 1 fully saturated rings. The molecule has 0 spiro atoms. The first kappa shape index (κ1) is 12.8. The van der Waals surface area contributed by atoms with Crippen LogP contribution in [0.2, 0.25) is 0 Å². The van der Waals surface area contributed by atoms with Crippen LogP contribution >= 0.6 is 0 Å². The zero-order valence-electron chi connectivity index (χ0n) is 10.2. The Morgan fingerprint density at radius 2 is 1.88 bits per heavy atom. The van der Waals surface area contributed by atoms with Gasteiger partial charge in [-0.1, -0.05) is 0 Å². The first-order chi connectivity index (χ1) is 7.60. The number of rotatable bonds is 3. The molecule has 92 valence electrons. The molecule has 16 heavy (non-hydrogen) atoms. The van der Waals surface area contributed by atoms with Gasteiger partial charge in [-0.2, -0.15) is 0 Å². The van der Waals surface area contributed by atoms with E-state index in [4.69, 9.17) is 11.1 Å². The van der Waals surface area contributed by atoms with Crippen molar-refractivity contribution < 1.29 is 4.79 Å². The average Bonchev–Trinajstić information content (AvgIpc) is 2.30. The molecule has 0 aliphatic carbocycles. The fourth-order valence-corrected chi connectivity index (χ4v) is 2.08. The molecule has 0 saturated carbocycles. The molecule has 5 nitrogen and oxygen atoms in total. The molecule has 1 saturated heterocycles. The number of carbonyl (C=O) groups is 1. The average molecular weight is 226 g/mol. The second kappa shape index (κ2) is 5.72. The van der Waals surface area contributed by atoms with Gasteiger partial charge in [-0.15, -0.1) is 0 Å².